The number of hydrogen-bond acceptors (Lipinski definition) is 0. The predicted molar refractivity (Wildman–Crippen MR) is 228 cm³/mol. The molecule has 0 amide bonds. The molecule has 0 saturated heterocycles. The van der Waals surface area contributed by atoms with Gasteiger partial charge in [0.2, 0.25) is 0 Å². The van der Waals surface area contributed by atoms with Crippen LogP contribution < -0.4 is 0 Å². The first-order valence-electron chi connectivity index (χ1n) is 18.7. The second-order valence-electron chi connectivity index (χ2n) is 15.3. The largest absolute Gasteiger partial charge is 0.0616 e. The Morgan fingerprint density at radius 3 is 1.26 bits per heavy atom. The average molecular weight is 673 g/mol. The zero-order valence-corrected chi connectivity index (χ0v) is 29.8. The quantitative estimate of drug-likeness (QED) is 0.164. The predicted octanol–water partition coefficient (Wildman–Crippen LogP) is 14.8. The van der Waals surface area contributed by atoms with E-state index in [1.807, 2.05) is 0 Å². The van der Waals surface area contributed by atoms with Gasteiger partial charge in [-0.1, -0.05) is 166 Å². The van der Waals surface area contributed by atoms with Crippen LogP contribution in [0.2, 0.25) is 0 Å². The van der Waals surface area contributed by atoms with Gasteiger partial charge in [0.15, 0.2) is 0 Å². The standard InChI is InChI=1S/C53H36/c1-53(2)51-31-37(24-26-46(51)47-27-25-38(32-52(47)53)50-29-35-13-4-6-16-40(35)43-18-8-10-20-45(43)50)41-21-11-14-33-22-23-36(30-48(33)41)49-28-34-12-3-5-15-39(34)42-17-7-9-19-44(42)49/h3-32H,1-2H3. The highest BCUT2D eigenvalue weighted by molar-refractivity contribution is 6.15. The normalized spacial score (nSPS) is 13.2. The van der Waals surface area contributed by atoms with E-state index >= 15 is 0 Å². The molecule has 0 N–H and O–H groups in total. The maximum atomic E-state index is 2.47. The molecule has 0 bridgehead atoms. The van der Waals surface area contributed by atoms with Gasteiger partial charge in [-0.2, -0.15) is 0 Å². The highest BCUT2D eigenvalue weighted by Crippen LogP contribution is 2.51. The molecule has 11 rings (SSSR count). The van der Waals surface area contributed by atoms with Crippen molar-refractivity contribution >= 4 is 53.9 Å². The molecular weight excluding hydrogens is 637 g/mol. The number of benzene rings is 10. The summed E-state index contributed by atoms with van der Waals surface area (Å²) in [7, 11) is 0. The van der Waals surface area contributed by atoms with E-state index in [0.29, 0.717) is 0 Å². The molecule has 248 valence electrons. The third-order valence-corrected chi connectivity index (χ3v) is 12.0. The Balaban J connectivity index is 1.04. The Morgan fingerprint density at radius 1 is 0.264 bits per heavy atom. The van der Waals surface area contributed by atoms with E-state index in [1.165, 1.54) is 109 Å². The Morgan fingerprint density at radius 2 is 0.698 bits per heavy atom. The fourth-order valence-corrected chi connectivity index (χ4v) is 9.35. The lowest BCUT2D eigenvalue weighted by molar-refractivity contribution is 0.661. The van der Waals surface area contributed by atoms with E-state index in [2.05, 4.69) is 196 Å². The number of rotatable bonds is 3. The minimum atomic E-state index is -0.150. The Hall–Kier alpha value is -6.50. The molecule has 10 aromatic rings. The summed E-state index contributed by atoms with van der Waals surface area (Å²) in [6, 6.07) is 68.0. The van der Waals surface area contributed by atoms with Crippen LogP contribution in [0.15, 0.2) is 182 Å². The molecule has 0 unspecified atom stereocenters. The maximum Gasteiger partial charge on any atom is 0.0159 e. The molecule has 0 heterocycles. The highest BCUT2D eigenvalue weighted by atomic mass is 14.4. The van der Waals surface area contributed by atoms with Crippen molar-refractivity contribution < 1.29 is 0 Å². The fourth-order valence-electron chi connectivity index (χ4n) is 9.35. The van der Waals surface area contributed by atoms with E-state index in [9.17, 15) is 0 Å². The lowest BCUT2D eigenvalue weighted by atomic mass is 9.80. The molecular formula is C53H36. The highest BCUT2D eigenvalue weighted by Gasteiger charge is 2.36. The summed E-state index contributed by atoms with van der Waals surface area (Å²) in [5.74, 6) is 0. The second-order valence-corrected chi connectivity index (χ2v) is 15.3. The number of fused-ring (bicyclic) bond motifs is 10. The van der Waals surface area contributed by atoms with E-state index < -0.39 is 0 Å². The first kappa shape index (κ1) is 30.2. The van der Waals surface area contributed by atoms with Crippen LogP contribution in [0.25, 0.3) is 98.4 Å². The van der Waals surface area contributed by atoms with Crippen molar-refractivity contribution in [2.75, 3.05) is 0 Å². The molecule has 0 aliphatic heterocycles. The summed E-state index contributed by atoms with van der Waals surface area (Å²) in [4.78, 5) is 0. The molecule has 0 saturated carbocycles. The second kappa shape index (κ2) is 11.2. The molecule has 0 radical (unpaired) electrons. The maximum absolute atomic E-state index is 2.47. The summed E-state index contributed by atoms with van der Waals surface area (Å²) in [5.41, 5.74) is 12.9. The van der Waals surface area contributed by atoms with Crippen LogP contribution >= 0.6 is 0 Å². The molecule has 0 spiro atoms. The Kier molecular flexibility index (Phi) is 6.40. The molecule has 0 nitrogen and oxygen atoms in total. The topological polar surface area (TPSA) is 0 Å². The minimum absolute atomic E-state index is 0.150. The summed E-state index contributed by atoms with van der Waals surface area (Å²) < 4.78 is 0. The third kappa shape index (κ3) is 4.49. The molecule has 1 aliphatic rings. The van der Waals surface area contributed by atoms with E-state index in [0.717, 1.165) is 0 Å². The van der Waals surface area contributed by atoms with Crippen LogP contribution in [0.4, 0.5) is 0 Å². The third-order valence-electron chi connectivity index (χ3n) is 12.0. The van der Waals surface area contributed by atoms with Crippen LogP contribution in [0.1, 0.15) is 25.0 Å². The van der Waals surface area contributed by atoms with Crippen molar-refractivity contribution in [2.24, 2.45) is 0 Å². The molecule has 0 heteroatoms. The molecule has 0 fully saturated rings. The van der Waals surface area contributed by atoms with Crippen LogP contribution in [0.3, 0.4) is 0 Å². The van der Waals surface area contributed by atoms with E-state index in [4.69, 9.17) is 0 Å². The van der Waals surface area contributed by atoms with Gasteiger partial charge in [0.1, 0.15) is 0 Å². The van der Waals surface area contributed by atoms with Gasteiger partial charge >= 0.3 is 0 Å². The summed E-state index contributed by atoms with van der Waals surface area (Å²) in [6.07, 6.45) is 0. The molecule has 1 aliphatic carbocycles. The van der Waals surface area contributed by atoms with Crippen LogP contribution in [0.5, 0.6) is 0 Å². The van der Waals surface area contributed by atoms with Crippen LogP contribution in [-0.4, -0.2) is 0 Å². The molecule has 10 aromatic carbocycles. The van der Waals surface area contributed by atoms with Gasteiger partial charge in [-0.25, -0.2) is 0 Å². The zero-order chi connectivity index (χ0) is 35.3. The zero-order valence-electron chi connectivity index (χ0n) is 29.8. The smallest absolute Gasteiger partial charge is 0.0159 e. The Labute approximate surface area is 309 Å². The monoisotopic (exact) mass is 672 g/mol. The van der Waals surface area contributed by atoms with Crippen LogP contribution in [0, 0.1) is 0 Å². The van der Waals surface area contributed by atoms with Gasteiger partial charge in [0.05, 0.1) is 0 Å². The van der Waals surface area contributed by atoms with E-state index in [-0.39, 0.29) is 5.41 Å². The van der Waals surface area contributed by atoms with E-state index in [1.54, 1.807) is 0 Å². The summed E-state index contributed by atoms with van der Waals surface area (Å²) in [6.45, 7) is 4.80. The lowest BCUT2D eigenvalue weighted by Gasteiger charge is -2.23. The SMILES string of the molecule is CC1(C)c2cc(-c3cccc4ccc(-c5cc6ccccc6c6ccccc56)cc34)ccc2-c2ccc(-c3cc4ccccc4c4ccccc34)cc21. The van der Waals surface area contributed by atoms with Crippen molar-refractivity contribution in [3.63, 3.8) is 0 Å². The summed E-state index contributed by atoms with van der Waals surface area (Å²) in [5, 5.41) is 12.9. The van der Waals surface area contributed by atoms with Crippen molar-refractivity contribution in [3.8, 4) is 44.5 Å². The first-order chi connectivity index (χ1) is 26.0. The van der Waals surface area contributed by atoms with Gasteiger partial charge in [-0.05, 0) is 140 Å². The van der Waals surface area contributed by atoms with Gasteiger partial charge in [0, 0.05) is 5.41 Å². The summed E-state index contributed by atoms with van der Waals surface area (Å²) >= 11 is 0. The lowest BCUT2D eigenvalue weighted by Crippen LogP contribution is -2.15. The van der Waals surface area contributed by atoms with Gasteiger partial charge < -0.3 is 0 Å². The van der Waals surface area contributed by atoms with Gasteiger partial charge in [-0.15, -0.1) is 0 Å². The Bertz CT molecular complexity index is 3140. The molecule has 0 atom stereocenters. The van der Waals surface area contributed by atoms with Crippen molar-refractivity contribution in [1.82, 2.24) is 0 Å². The number of hydrogen-bond donors (Lipinski definition) is 0. The van der Waals surface area contributed by atoms with Crippen molar-refractivity contribution in [1.29, 1.82) is 0 Å². The first-order valence-corrected chi connectivity index (χ1v) is 18.7. The fraction of sp³-hybridized carbons (Fsp3) is 0.0566. The van der Waals surface area contributed by atoms with Crippen molar-refractivity contribution in [3.05, 3.63) is 193 Å². The van der Waals surface area contributed by atoms with Crippen LogP contribution in [-0.2, 0) is 5.41 Å². The molecule has 0 aromatic heterocycles. The van der Waals surface area contributed by atoms with Crippen molar-refractivity contribution in [2.45, 2.75) is 19.3 Å². The minimum Gasteiger partial charge on any atom is -0.0616 e. The van der Waals surface area contributed by atoms with Gasteiger partial charge in [-0.3, -0.25) is 0 Å². The van der Waals surface area contributed by atoms with Gasteiger partial charge in [0.25, 0.3) is 0 Å². The average Bonchev–Trinajstić information content (AvgIpc) is 3.44. The molecule has 53 heavy (non-hydrogen) atoms.